The number of halogens is 1. The van der Waals surface area contributed by atoms with Crippen LogP contribution < -0.4 is 0 Å². The fourth-order valence-corrected chi connectivity index (χ4v) is 4.28. The number of para-hydroxylation sites is 2. The van der Waals surface area contributed by atoms with E-state index in [1.54, 1.807) is 11.8 Å². The van der Waals surface area contributed by atoms with Crippen LogP contribution in [0, 0.1) is 0 Å². The van der Waals surface area contributed by atoms with Gasteiger partial charge < -0.3 is 4.42 Å². The lowest BCUT2D eigenvalue weighted by atomic mass is 10.0. The van der Waals surface area contributed by atoms with Gasteiger partial charge in [-0.05, 0) is 23.3 Å². The first kappa shape index (κ1) is 16.2. The summed E-state index contributed by atoms with van der Waals surface area (Å²) in [5.41, 5.74) is 3.89. The standard InChI is InChI=1S/C21H16ClNOS/c22-19(15-9-3-1-4-10-15)20(16-11-5-2-6-12-16)25-21-23-17-13-7-8-14-18(17)24-21/h1-14,19-20H/t19-,20+/m1/s1. The summed E-state index contributed by atoms with van der Waals surface area (Å²) in [4.78, 5) is 4.59. The minimum absolute atomic E-state index is 0.00155. The number of thioether (sulfide) groups is 1. The molecule has 25 heavy (non-hydrogen) atoms. The van der Waals surface area contributed by atoms with E-state index in [9.17, 15) is 0 Å². The van der Waals surface area contributed by atoms with Crippen molar-refractivity contribution in [1.82, 2.24) is 4.98 Å². The second-order valence-corrected chi connectivity index (χ2v) is 7.27. The molecule has 0 bridgehead atoms. The van der Waals surface area contributed by atoms with E-state index in [4.69, 9.17) is 16.0 Å². The van der Waals surface area contributed by atoms with Gasteiger partial charge in [0.05, 0.1) is 10.6 Å². The fourth-order valence-electron chi connectivity index (χ4n) is 2.76. The number of alkyl halides is 1. The Morgan fingerprint density at radius 3 is 2.04 bits per heavy atom. The van der Waals surface area contributed by atoms with E-state index in [0.717, 1.165) is 22.2 Å². The summed E-state index contributed by atoms with van der Waals surface area (Å²) in [6, 6.07) is 28.2. The zero-order valence-corrected chi connectivity index (χ0v) is 15.0. The molecule has 4 heteroatoms. The van der Waals surface area contributed by atoms with Gasteiger partial charge in [0.2, 0.25) is 0 Å². The molecule has 0 aliphatic carbocycles. The molecule has 0 saturated heterocycles. The first-order chi connectivity index (χ1) is 12.3. The van der Waals surface area contributed by atoms with Crippen molar-refractivity contribution in [3.63, 3.8) is 0 Å². The van der Waals surface area contributed by atoms with Crippen molar-refractivity contribution < 1.29 is 4.42 Å². The maximum absolute atomic E-state index is 6.87. The Morgan fingerprint density at radius 2 is 1.36 bits per heavy atom. The van der Waals surface area contributed by atoms with Gasteiger partial charge >= 0.3 is 0 Å². The zero-order chi connectivity index (χ0) is 17.1. The van der Waals surface area contributed by atoms with Crippen molar-refractivity contribution >= 4 is 34.5 Å². The number of benzene rings is 3. The quantitative estimate of drug-likeness (QED) is 0.293. The van der Waals surface area contributed by atoms with Crippen LogP contribution in [0.4, 0.5) is 0 Å². The van der Waals surface area contributed by atoms with Gasteiger partial charge in [-0.2, -0.15) is 0 Å². The number of fused-ring (bicyclic) bond motifs is 1. The molecule has 0 N–H and O–H groups in total. The number of hydrogen-bond acceptors (Lipinski definition) is 3. The third-order valence-corrected chi connectivity index (χ3v) is 5.84. The van der Waals surface area contributed by atoms with E-state index in [2.05, 4.69) is 29.2 Å². The van der Waals surface area contributed by atoms with Crippen LogP contribution in [-0.4, -0.2) is 4.98 Å². The van der Waals surface area contributed by atoms with Crippen molar-refractivity contribution in [2.24, 2.45) is 0 Å². The van der Waals surface area contributed by atoms with Crippen LogP contribution in [0.25, 0.3) is 11.1 Å². The van der Waals surface area contributed by atoms with E-state index in [1.807, 2.05) is 60.7 Å². The third-order valence-electron chi connectivity index (χ3n) is 4.01. The number of nitrogens with zero attached hydrogens (tertiary/aromatic N) is 1. The van der Waals surface area contributed by atoms with E-state index < -0.39 is 0 Å². The summed E-state index contributed by atoms with van der Waals surface area (Å²) < 4.78 is 5.90. The largest absolute Gasteiger partial charge is 0.431 e. The minimum Gasteiger partial charge on any atom is -0.431 e. The average Bonchev–Trinajstić information content (AvgIpc) is 3.09. The average molecular weight is 366 g/mol. The van der Waals surface area contributed by atoms with E-state index in [0.29, 0.717) is 5.22 Å². The summed E-state index contributed by atoms with van der Waals surface area (Å²) in [5, 5.41) is 0.443. The van der Waals surface area contributed by atoms with Crippen LogP contribution in [-0.2, 0) is 0 Å². The zero-order valence-electron chi connectivity index (χ0n) is 13.4. The summed E-state index contributed by atoms with van der Waals surface area (Å²) in [6.07, 6.45) is 0. The predicted octanol–water partition coefficient (Wildman–Crippen LogP) is 6.64. The van der Waals surface area contributed by atoms with E-state index in [-0.39, 0.29) is 10.6 Å². The maximum atomic E-state index is 6.87. The highest BCUT2D eigenvalue weighted by Crippen LogP contribution is 2.47. The van der Waals surface area contributed by atoms with Crippen molar-refractivity contribution in [2.45, 2.75) is 15.8 Å². The number of aromatic nitrogens is 1. The normalized spacial score (nSPS) is 13.6. The molecule has 0 aliphatic heterocycles. The Morgan fingerprint density at radius 1 is 0.760 bits per heavy atom. The Kier molecular flexibility index (Phi) is 4.77. The first-order valence-electron chi connectivity index (χ1n) is 8.07. The lowest BCUT2D eigenvalue weighted by Crippen LogP contribution is -2.03. The lowest BCUT2D eigenvalue weighted by Gasteiger charge is -2.21. The summed E-state index contributed by atoms with van der Waals surface area (Å²) in [7, 11) is 0. The molecule has 4 aromatic rings. The van der Waals surface area contributed by atoms with Gasteiger partial charge in [-0.3, -0.25) is 0 Å². The maximum Gasteiger partial charge on any atom is 0.257 e. The second kappa shape index (κ2) is 7.34. The Balaban J connectivity index is 1.70. The molecular weight excluding hydrogens is 350 g/mol. The van der Waals surface area contributed by atoms with Crippen LogP contribution in [0.2, 0.25) is 0 Å². The smallest absolute Gasteiger partial charge is 0.257 e. The van der Waals surface area contributed by atoms with Gasteiger partial charge in [-0.1, -0.05) is 84.6 Å². The van der Waals surface area contributed by atoms with Gasteiger partial charge in [-0.25, -0.2) is 4.98 Å². The first-order valence-corrected chi connectivity index (χ1v) is 9.39. The minimum atomic E-state index is -0.191. The highest BCUT2D eigenvalue weighted by atomic mass is 35.5. The highest BCUT2D eigenvalue weighted by molar-refractivity contribution is 7.99. The third kappa shape index (κ3) is 3.58. The van der Waals surface area contributed by atoms with Crippen molar-refractivity contribution in [2.75, 3.05) is 0 Å². The van der Waals surface area contributed by atoms with Crippen molar-refractivity contribution in [3.05, 3.63) is 96.1 Å². The molecule has 2 atom stereocenters. The fraction of sp³-hybridized carbons (Fsp3) is 0.0952. The topological polar surface area (TPSA) is 26.0 Å². The number of oxazole rings is 1. The van der Waals surface area contributed by atoms with E-state index >= 15 is 0 Å². The second-order valence-electron chi connectivity index (χ2n) is 5.71. The van der Waals surface area contributed by atoms with Crippen LogP contribution in [0.1, 0.15) is 21.8 Å². The molecule has 0 saturated carbocycles. The Labute approximate surface area is 155 Å². The van der Waals surface area contributed by atoms with Gasteiger partial charge in [0.1, 0.15) is 5.52 Å². The Bertz CT molecular complexity index is 922. The predicted molar refractivity (Wildman–Crippen MR) is 104 cm³/mol. The Hall–Kier alpha value is -2.23. The SMILES string of the molecule is Cl[C@H](c1ccccc1)[C@@H](Sc1nc2ccccc2o1)c1ccccc1. The molecule has 1 heterocycles. The molecule has 0 fully saturated rings. The molecule has 124 valence electrons. The van der Waals surface area contributed by atoms with Crippen LogP contribution in [0.15, 0.2) is 94.6 Å². The van der Waals surface area contributed by atoms with Gasteiger partial charge in [0.15, 0.2) is 5.58 Å². The molecule has 4 rings (SSSR count). The van der Waals surface area contributed by atoms with Gasteiger partial charge in [0, 0.05) is 0 Å². The molecule has 0 aliphatic rings. The van der Waals surface area contributed by atoms with Crippen LogP contribution in [0.5, 0.6) is 0 Å². The van der Waals surface area contributed by atoms with Crippen molar-refractivity contribution in [1.29, 1.82) is 0 Å². The molecule has 0 amide bonds. The number of hydrogen-bond donors (Lipinski definition) is 0. The van der Waals surface area contributed by atoms with Gasteiger partial charge in [0.25, 0.3) is 5.22 Å². The van der Waals surface area contributed by atoms with E-state index in [1.165, 1.54) is 0 Å². The summed E-state index contributed by atoms with van der Waals surface area (Å²) in [5.74, 6) is 0. The van der Waals surface area contributed by atoms with Crippen LogP contribution >= 0.6 is 23.4 Å². The monoisotopic (exact) mass is 365 g/mol. The lowest BCUT2D eigenvalue weighted by molar-refractivity contribution is 0.488. The molecule has 3 aromatic carbocycles. The molecule has 0 spiro atoms. The molecular formula is C21H16ClNOS. The van der Waals surface area contributed by atoms with Crippen molar-refractivity contribution in [3.8, 4) is 0 Å². The van der Waals surface area contributed by atoms with Gasteiger partial charge in [-0.15, -0.1) is 11.6 Å². The summed E-state index contributed by atoms with van der Waals surface area (Å²) in [6.45, 7) is 0. The molecule has 1 aromatic heterocycles. The molecule has 0 unspecified atom stereocenters. The number of rotatable bonds is 5. The van der Waals surface area contributed by atoms with Crippen LogP contribution in [0.3, 0.4) is 0 Å². The highest BCUT2D eigenvalue weighted by Gasteiger charge is 2.26. The molecule has 0 radical (unpaired) electrons. The summed E-state index contributed by atoms with van der Waals surface area (Å²) >= 11 is 8.43. The molecule has 2 nitrogen and oxygen atoms in total.